The Kier molecular flexibility index (Phi) is 4.89. The van der Waals surface area contributed by atoms with Crippen LogP contribution in [-0.4, -0.2) is 27.0 Å². The summed E-state index contributed by atoms with van der Waals surface area (Å²) in [5.74, 6) is 1.30. The van der Waals surface area contributed by atoms with Gasteiger partial charge in [0, 0.05) is 18.8 Å². The number of aromatic nitrogens is 2. The molecule has 0 bridgehead atoms. The monoisotopic (exact) mass is 353 g/mol. The summed E-state index contributed by atoms with van der Waals surface area (Å²) in [6.45, 7) is 0.104. The smallest absolute Gasteiger partial charge is 0.0611 e. The number of aryl methyl sites for hydroxylation is 3. The maximum Gasteiger partial charge on any atom is 0.0611 e. The minimum absolute atomic E-state index is 0.104. The van der Waals surface area contributed by atoms with Gasteiger partial charge in [0.2, 0.25) is 0 Å². The summed E-state index contributed by atoms with van der Waals surface area (Å²) in [5, 5.41) is 13.8. The molecule has 0 amide bonds. The topological polar surface area (TPSA) is 64.1 Å². The number of nitrogens with two attached hydrogens (primary N) is 1. The fourth-order valence-electron chi connectivity index (χ4n) is 4.91. The van der Waals surface area contributed by atoms with E-state index in [2.05, 4.69) is 29.5 Å². The average molecular weight is 354 g/mol. The van der Waals surface area contributed by atoms with E-state index in [1.807, 2.05) is 17.9 Å². The summed E-state index contributed by atoms with van der Waals surface area (Å²) >= 11 is 0. The molecule has 1 saturated carbocycles. The first-order valence-electron chi connectivity index (χ1n) is 10.0. The van der Waals surface area contributed by atoms with Crippen molar-refractivity contribution in [3.8, 4) is 0 Å². The van der Waals surface area contributed by atoms with Crippen LogP contribution in [0.5, 0.6) is 0 Å². The van der Waals surface area contributed by atoms with Crippen molar-refractivity contribution in [1.29, 1.82) is 0 Å². The summed E-state index contributed by atoms with van der Waals surface area (Å²) in [7, 11) is 1.98. The molecule has 0 unspecified atom stereocenters. The lowest BCUT2D eigenvalue weighted by atomic mass is 9.79. The fraction of sp³-hybridized carbons (Fsp3) is 0.591. The lowest BCUT2D eigenvalue weighted by Crippen LogP contribution is -2.40. The van der Waals surface area contributed by atoms with Crippen molar-refractivity contribution in [1.82, 2.24) is 9.78 Å². The molecule has 0 saturated heterocycles. The largest absolute Gasteiger partial charge is 0.394 e. The normalized spacial score (nSPS) is 28.3. The number of benzene rings is 1. The van der Waals surface area contributed by atoms with Crippen molar-refractivity contribution in [3.05, 3.63) is 52.8 Å². The molecule has 2 aliphatic carbocycles. The van der Waals surface area contributed by atoms with Gasteiger partial charge in [-0.2, -0.15) is 5.10 Å². The minimum atomic E-state index is -0.363. The number of nitrogens with zero attached hydrogens (tertiary/aromatic N) is 2. The van der Waals surface area contributed by atoms with Gasteiger partial charge in [-0.15, -0.1) is 0 Å². The van der Waals surface area contributed by atoms with Crippen LogP contribution >= 0.6 is 0 Å². The van der Waals surface area contributed by atoms with Crippen LogP contribution in [0.25, 0.3) is 0 Å². The van der Waals surface area contributed by atoms with Crippen LogP contribution in [0, 0.1) is 5.92 Å². The van der Waals surface area contributed by atoms with Crippen molar-refractivity contribution in [3.63, 3.8) is 0 Å². The quantitative estimate of drug-likeness (QED) is 0.868. The second-order valence-electron chi connectivity index (χ2n) is 8.66. The van der Waals surface area contributed by atoms with Crippen LogP contribution < -0.4 is 5.73 Å². The molecule has 1 aromatic carbocycles. The molecule has 3 atom stereocenters. The molecule has 2 aliphatic rings. The van der Waals surface area contributed by atoms with Gasteiger partial charge in [-0.3, -0.25) is 4.68 Å². The zero-order valence-electron chi connectivity index (χ0n) is 15.8. The van der Waals surface area contributed by atoms with Crippen molar-refractivity contribution in [2.24, 2.45) is 18.7 Å². The van der Waals surface area contributed by atoms with Crippen molar-refractivity contribution < 1.29 is 5.11 Å². The molecule has 4 rings (SSSR count). The summed E-state index contributed by atoms with van der Waals surface area (Å²) in [6.07, 6.45) is 13.2. The standard InChI is InChI=1S/C22H31N3O/c1-25-14-17(13-24-25)3-2-16-4-5-19-11-20(7-6-18(19)10-16)21-8-9-22(23,12-21)15-26/h6-7,11,13-14,16,21,26H,2-5,8-10,12,15,23H2,1H3/t16-,21+,22-/m1/s1. The highest BCUT2D eigenvalue weighted by Crippen LogP contribution is 2.40. The zero-order chi connectivity index (χ0) is 18.1. The van der Waals surface area contributed by atoms with E-state index in [0.29, 0.717) is 5.92 Å². The molecule has 4 nitrogen and oxygen atoms in total. The van der Waals surface area contributed by atoms with Gasteiger partial charge in [-0.1, -0.05) is 18.2 Å². The van der Waals surface area contributed by atoms with Crippen LogP contribution in [0.3, 0.4) is 0 Å². The van der Waals surface area contributed by atoms with Crippen LogP contribution in [0.4, 0.5) is 0 Å². The number of aliphatic hydroxyl groups excluding tert-OH is 1. The third kappa shape index (κ3) is 3.72. The molecule has 3 N–H and O–H groups in total. The van der Waals surface area contributed by atoms with E-state index < -0.39 is 0 Å². The van der Waals surface area contributed by atoms with Gasteiger partial charge in [0.1, 0.15) is 0 Å². The molecule has 1 aromatic heterocycles. The maximum atomic E-state index is 9.52. The van der Waals surface area contributed by atoms with E-state index in [4.69, 9.17) is 5.73 Å². The van der Waals surface area contributed by atoms with E-state index in [9.17, 15) is 5.11 Å². The van der Waals surface area contributed by atoms with Crippen LogP contribution in [-0.2, 0) is 26.3 Å². The Morgan fingerprint density at radius 3 is 2.92 bits per heavy atom. The minimum Gasteiger partial charge on any atom is -0.394 e. The highest BCUT2D eigenvalue weighted by molar-refractivity contribution is 5.36. The Bertz CT molecular complexity index is 768. The van der Waals surface area contributed by atoms with Gasteiger partial charge in [0.05, 0.1) is 12.8 Å². The second-order valence-corrected chi connectivity index (χ2v) is 8.66. The van der Waals surface area contributed by atoms with Gasteiger partial charge in [0.15, 0.2) is 0 Å². The molecular weight excluding hydrogens is 322 g/mol. The Balaban J connectivity index is 1.38. The lowest BCUT2D eigenvalue weighted by Gasteiger charge is -2.26. The van der Waals surface area contributed by atoms with Gasteiger partial charge < -0.3 is 10.8 Å². The van der Waals surface area contributed by atoms with Crippen LogP contribution in [0.2, 0.25) is 0 Å². The third-order valence-electron chi connectivity index (χ3n) is 6.59. The van der Waals surface area contributed by atoms with E-state index >= 15 is 0 Å². The second kappa shape index (κ2) is 7.16. The summed E-state index contributed by atoms with van der Waals surface area (Å²) < 4.78 is 1.89. The number of hydrogen-bond donors (Lipinski definition) is 2. The van der Waals surface area contributed by atoms with E-state index in [0.717, 1.165) is 31.6 Å². The van der Waals surface area contributed by atoms with Gasteiger partial charge in [-0.25, -0.2) is 0 Å². The SMILES string of the molecule is Cn1cc(CC[C@@H]2CCc3cc([C@H]4CC[C@](N)(CO)C4)ccc3C2)cn1. The lowest BCUT2D eigenvalue weighted by molar-refractivity contribution is 0.198. The molecule has 1 fully saturated rings. The Morgan fingerprint density at radius 1 is 1.31 bits per heavy atom. The Labute approximate surface area is 156 Å². The molecule has 4 heteroatoms. The van der Waals surface area contributed by atoms with Crippen LogP contribution in [0.15, 0.2) is 30.6 Å². The molecule has 0 spiro atoms. The highest BCUT2D eigenvalue weighted by Gasteiger charge is 2.36. The predicted molar refractivity (Wildman–Crippen MR) is 104 cm³/mol. The van der Waals surface area contributed by atoms with Crippen molar-refractivity contribution in [2.45, 2.75) is 62.8 Å². The van der Waals surface area contributed by atoms with Gasteiger partial charge in [0.25, 0.3) is 0 Å². The third-order valence-corrected chi connectivity index (χ3v) is 6.59. The van der Waals surface area contributed by atoms with Gasteiger partial charge >= 0.3 is 0 Å². The molecule has 0 radical (unpaired) electrons. The number of hydrogen-bond acceptors (Lipinski definition) is 3. The Hall–Kier alpha value is -1.65. The predicted octanol–water partition coefficient (Wildman–Crippen LogP) is 3.12. The van der Waals surface area contributed by atoms with E-state index in [1.165, 1.54) is 42.4 Å². The van der Waals surface area contributed by atoms with Crippen molar-refractivity contribution >= 4 is 0 Å². The van der Waals surface area contributed by atoms with Crippen LogP contribution in [0.1, 0.15) is 60.3 Å². The van der Waals surface area contributed by atoms with E-state index in [1.54, 1.807) is 5.56 Å². The molecule has 140 valence electrons. The fourth-order valence-corrected chi connectivity index (χ4v) is 4.91. The first-order chi connectivity index (χ1) is 12.5. The van der Waals surface area contributed by atoms with Gasteiger partial charge in [-0.05, 0) is 85.5 Å². The highest BCUT2D eigenvalue weighted by atomic mass is 16.3. The number of aliphatic hydroxyl groups is 1. The maximum absolute atomic E-state index is 9.52. The van der Waals surface area contributed by atoms with E-state index in [-0.39, 0.29) is 12.1 Å². The molecular formula is C22H31N3O. The molecule has 26 heavy (non-hydrogen) atoms. The summed E-state index contributed by atoms with van der Waals surface area (Å²) in [6, 6.07) is 7.10. The zero-order valence-corrected chi connectivity index (χ0v) is 15.8. The number of fused-ring (bicyclic) bond motifs is 1. The summed E-state index contributed by atoms with van der Waals surface area (Å²) in [4.78, 5) is 0. The Morgan fingerprint density at radius 2 is 2.19 bits per heavy atom. The first-order valence-corrected chi connectivity index (χ1v) is 10.0. The molecule has 0 aliphatic heterocycles. The number of rotatable bonds is 5. The summed E-state index contributed by atoms with van der Waals surface area (Å²) in [5.41, 5.74) is 11.8. The van der Waals surface area contributed by atoms with Crippen molar-refractivity contribution in [2.75, 3.05) is 6.61 Å². The molecule has 1 heterocycles. The molecule has 2 aromatic rings. The first kappa shape index (κ1) is 17.7. The average Bonchev–Trinajstić information content (AvgIpc) is 3.26.